The topological polar surface area (TPSA) is 113 Å². The minimum absolute atomic E-state index is 0.180. The Balaban J connectivity index is 2.13. The second kappa shape index (κ2) is 6.29. The number of anilines is 1. The monoisotopic (exact) mass is 355 g/mol. The van der Waals surface area contributed by atoms with Gasteiger partial charge in [-0.25, -0.2) is 14.8 Å². The molecular weight excluding hydrogens is 334 g/mol. The third-order valence-corrected chi connectivity index (χ3v) is 4.60. The summed E-state index contributed by atoms with van der Waals surface area (Å²) in [7, 11) is 1.27. The maximum atomic E-state index is 12.6. The van der Waals surface area contributed by atoms with Crippen LogP contribution in [-0.4, -0.2) is 33.0 Å². The molecule has 1 aromatic carbocycles. The fraction of sp³-hybridized carbons (Fsp3) is 0.333. The molecule has 0 aliphatic heterocycles. The van der Waals surface area contributed by atoms with Crippen molar-refractivity contribution in [2.75, 3.05) is 12.4 Å². The number of hydrogen-bond acceptors (Lipinski definition) is 6. The van der Waals surface area contributed by atoms with Gasteiger partial charge in [0.1, 0.15) is 0 Å². The smallest absolute Gasteiger partial charge is 0.336 e. The third kappa shape index (κ3) is 2.83. The van der Waals surface area contributed by atoms with Crippen LogP contribution < -0.4 is 10.9 Å². The molecule has 1 unspecified atom stereocenters. The number of methoxy groups -OCH3 is 1. The Labute approximate surface area is 150 Å². The maximum Gasteiger partial charge on any atom is 0.336 e. The van der Waals surface area contributed by atoms with Gasteiger partial charge in [0.05, 0.1) is 35.7 Å². The summed E-state index contributed by atoms with van der Waals surface area (Å²) in [5.74, 6) is -0.257. The number of ether oxygens (including phenoxy) is 1. The molecule has 0 amide bonds. The molecule has 8 nitrogen and oxygen atoms in total. The van der Waals surface area contributed by atoms with Gasteiger partial charge in [-0.3, -0.25) is 4.79 Å². The zero-order chi connectivity index (χ0) is 19.1. The van der Waals surface area contributed by atoms with Crippen LogP contribution in [-0.2, 0) is 15.1 Å². The molecule has 0 fully saturated rings. The van der Waals surface area contributed by atoms with Crippen LogP contribution >= 0.6 is 0 Å². The summed E-state index contributed by atoms with van der Waals surface area (Å²) < 4.78 is 4.94. The van der Waals surface area contributed by atoms with E-state index in [-0.39, 0.29) is 5.56 Å². The van der Waals surface area contributed by atoms with Crippen molar-refractivity contribution in [1.82, 2.24) is 19.9 Å². The third-order valence-electron chi connectivity index (χ3n) is 4.60. The molecule has 0 aliphatic carbocycles. The lowest BCUT2D eigenvalue weighted by Crippen LogP contribution is -2.46. The number of fused-ring (bicyclic) bond motifs is 1. The van der Waals surface area contributed by atoms with Gasteiger partial charge in [0, 0.05) is 0 Å². The van der Waals surface area contributed by atoms with E-state index < -0.39 is 17.1 Å². The highest BCUT2D eigenvalue weighted by atomic mass is 16.5. The van der Waals surface area contributed by atoms with Gasteiger partial charge in [0.2, 0.25) is 5.95 Å². The summed E-state index contributed by atoms with van der Waals surface area (Å²) in [5, 5.41) is 3.03. The molecular formula is C18H21N5O3. The van der Waals surface area contributed by atoms with Crippen LogP contribution in [0.25, 0.3) is 11.0 Å². The number of aromatic amines is 2. The van der Waals surface area contributed by atoms with Crippen molar-refractivity contribution in [3.63, 3.8) is 0 Å². The van der Waals surface area contributed by atoms with Gasteiger partial charge >= 0.3 is 5.97 Å². The van der Waals surface area contributed by atoms with E-state index in [9.17, 15) is 9.59 Å². The lowest BCUT2D eigenvalue weighted by atomic mass is 9.92. The van der Waals surface area contributed by atoms with E-state index in [0.29, 0.717) is 11.6 Å². The van der Waals surface area contributed by atoms with E-state index in [4.69, 9.17) is 4.74 Å². The maximum absolute atomic E-state index is 12.6. The predicted molar refractivity (Wildman–Crippen MR) is 98.2 cm³/mol. The van der Waals surface area contributed by atoms with Crippen LogP contribution in [0.1, 0.15) is 29.3 Å². The first-order chi connectivity index (χ1) is 12.3. The van der Waals surface area contributed by atoms with E-state index >= 15 is 0 Å². The van der Waals surface area contributed by atoms with Crippen molar-refractivity contribution in [2.24, 2.45) is 0 Å². The van der Waals surface area contributed by atoms with Crippen molar-refractivity contribution < 1.29 is 9.53 Å². The molecule has 2 aromatic heterocycles. The number of esters is 1. The highest BCUT2D eigenvalue weighted by Crippen LogP contribution is 2.27. The standard InChI is InChI=1S/C18H21N5O3/c1-9-6-12-13(7-10(9)2)22-17(21-12)23-18(4,16(25)26-5)14-11(3)19-8-20-15(14)24/h6-8H,1-5H3,(H,19,20,24)(H2,21,22,23). The normalized spacial score (nSPS) is 13.4. The van der Waals surface area contributed by atoms with E-state index in [0.717, 1.165) is 22.2 Å². The van der Waals surface area contributed by atoms with Gasteiger partial charge in [0.25, 0.3) is 5.56 Å². The highest BCUT2D eigenvalue weighted by Gasteiger charge is 2.41. The second-order valence-corrected chi connectivity index (χ2v) is 6.47. The Bertz CT molecular complexity index is 1010. The Morgan fingerprint density at radius 2 is 1.92 bits per heavy atom. The zero-order valence-corrected chi connectivity index (χ0v) is 15.4. The molecule has 3 N–H and O–H groups in total. The number of benzene rings is 1. The number of imidazole rings is 1. The molecule has 0 saturated heterocycles. The van der Waals surface area contributed by atoms with Crippen molar-refractivity contribution in [1.29, 1.82) is 0 Å². The van der Waals surface area contributed by atoms with Gasteiger partial charge in [-0.2, -0.15) is 0 Å². The van der Waals surface area contributed by atoms with Gasteiger partial charge in [-0.1, -0.05) is 0 Å². The largest absolute Gasteiger partial charge is 0.467 e. The number of nitrogens with one attached hydrogen (secondary N) is 3. The molecule has 136 valence electrons. The summed E-state index contributed by atoms with van der Waals surface area (Å²) in [6.07, 6.45) is 1.30. The van der Waals surface area contributed by atoms with E-state index in [2.05, 4.69) is 25.3 Å². The number of carbonyl (C=O) groups is 1. The van der Waals surface area contributed by atoms with Gasteiger partial charge < -0.3 is 20.0 Å². The van der Waals surface area contributed by atoms with Gasteiger partial charge in [-0.05, 0) is 51.0 Å². The van der Waals surface area contributed by atoms with Crippen molar-refractivity contribution in [3.8, 4) is 0 Å². The average molecular weight is 355 g/mol. The summed E-state index contributed by atoms with van der Waals surface area (Å²) in [4.78, 5) is 39.2. The molecule has 0 spiro atoms. The number of aryl methyl sites for hydroxylation is 3. The minimum atomic E-state index is -1.46. The van der Waals surface area contributed by atoms with Crippen LogP contribution in [0, 0.1) is 20.8 Å². The van der Waals surface area contributed by atoms with Crippen LogP contribution in [0.4, 0.5) is 5.95 Å². The first-order valence-electron chi connectivity index (χ1n) is 8.14. The zero-order valence-electron chi connectivity index (χ0n) is 15.4. The fourth-order valence-corrected chi connectivity index (χ4v) is 3.06. The fourth-order valence-electron chi connectivity index (χ4n) is 3.06. The minimum Gasteiger partial charge on any atom is -0.467 e. The Kier molecular flexibility index (Phi) is 4.27. The molecule has 3 aromatic rings. The quantitative estimate of drug-likeness (QED) is 0.618. The van der Waals surface area contributed by atoms with Crippen LogP contribution in [0.3, 0.4) is 0 Å². The van der Waals surface area contributed by atoms with E-state index in [1.165, 1.54) is 13.4 Å². The van der Waals surface area contributed by atoms with Gasteiger partial charge in [0.15, 0.2) is 5.54 Å². The summed E-state index contributed by atoms with van der Waals surface area (Å²) in [6, 6.07) is 3.95. The second-order valence-electron chi connectivity index (χ2n) is 6.47. The van der Waals surface area contributed by atoms with Crippen LogP contribution in [0.5, 0.6) is 0 Å². The van der Waals surface area contributed by atoms with Crippen molar-refractivity contribution in [3.05, 3.63) is 51.2 Å². The number of aromatic nitrogens is 4. The first-order valence-corrected chi connectivity index (χ1v) is 8.14. The average Bonchev–Trinajstić information content (AvgIpc) is 2.94. The van der Waals surface area contributed by atoms with Crippen LogP contribution in [0.15, 0.2) is 23.3 Å². The van der Waals surface area contributed by atoms with Crippen molar-refractivity contribution in [2.45, 2.75) is 33.2 Å². The Hall–Kier alpha value is -3.16. The number of H-pyrrole nitrogens is 2. The molecule has 1 atom stereocenters. The molecule has 2 heterocycles. The number of carbonyl (C=O) groups excluding carboxylic acids is 1. The molecule has 26 heavy (non-hydrogen) atoms. The first kappa shape index (κ1) is 17.7. The predicted octanol–water partition coefficient (Wildman–Crippen LogP) is 2.07. The lowest BCUT2D eigenvalue weighted by Gasteiger charge is -2.28. The number of rotatable bonds is 4. The number of hydrogen-bond donors (Lipinski definition) is 3. The highest BCUT2D eigenvalue weighted by molar-refractivity contribution is 5.86. The summed E-state index contributed by atoms with van der Waals surface area (Å²) in [6.45, 7) is 7.26. The SMILES string of the molecule is COC(=O)C(C)(Nc1nc2cc(C)c(C)cc2[nH]1)c1c(C)nc[nH]c1=O. The van der Waals surface area contributed by atoms with E-state index in [1.807, 2.05) is 26.0 Å². The molecule has 8 heteroatoms. The van der Waals surface area contributed by atoms with Crippen LogP contribution in [0.2, 0.25) is 0 Å². The molecule has 0 saturated carbocycles. The molecule has 0 radical (unpaired) electrons. The molecule has 0 aliphatic rings. The number of nitrogens with zero attached hydrogens (tertiary/aromatic N) is 2. The van der Waals surface area contributed by atoms with Gasteiger partial charge in [-0.15, -0.1) is 0 Å². The molecule has 0 bridgehead atoms. The Morgan fingerprint density at radius 1 is 1.23 bits per heavy atom. The summed E-state index contributed by atoms with van der Waals surface area (Å²) >= 11 is 0. The lowest BCUT2D eigenvalue weighted by molar-refractivity contribution is -0.145. The van der Waals surface area contributed by atoms with E-state index in [1.54, 1.807) is 13.8 Å². The van der Waals surface area contributed by atoms with Crippen molar-refractivity contribution >= 4 is 23.0 Å². The summed E-state index contributed by atoms with van der Waals surface area (Å²) in [5.41, 5.74) is 2.57. The molecule has 3 rings (SSSR count). The Morgan fingerprint density at radius 3 is 2.58 bits per heavy atom.